The van der Waals surface area contributed by atoms with Crippen molar-refractivity contribution in [1.29, 1.82) is 0 Å². The van der Waals surface area contributed by atoms with E-state index in [0.717, 1.165) is 12.1 Å². The van der Waals surface area contributed by atoms with Crippen LogP contribution in [-0.2, 0) is 6.54 Å². The molecule has 0 saturated heterocycles. The van der Waals surface area contributed by atoms with Crippen LogP contribution in [0.1, 0.15) is 11.1 Å². The monoisotopic (exact) mass is 157 g/mol. The SMILES string of the molecule is C1=NCc2c1ccc1occc21. The van der Waals surface area contributed by atoms with E-state index in [1.165, 1.54) is 16.5 Å². The molecule has 1 aromatic carbocycles. The Morgan fingerprint density at radius 3 is 3.25 bits per heavy atom. The summed E-state index contributed by atoms with van der Waals surface area (Å²) >= 11 is 0. The van der Waals surface area contributed by atoms with Gasteiger partial charge in [0.05, 0.1) is 12.8 Å². The van der Waals surface area contributed by atoms with Crippen molar-refractivity contribution >= 4 is 17.2 Å². The number of benzene rings is 1. The zero-order chi connectivity index (χ0) is 7.97. The second-order valence-electron chi connectivity index (χ2n) is 2.94. The van der Waals surface area contributed by atoms with Gasteiger partial charge in [-0.15, -0.1) is 0 Å². The van der Waals surface area contributed by atoms with Crippen molar-refractivity contribution in [3.63, 3.8) is 0 Å². The number of rotatable bonds is 0. The Bertz CT molecular complexity index is 468. The van der Waals surface area contributed by atoms with Gasteiger partial charge in [0.15, 0.2) is 0 Å². The lowest BCUT2D eigenvalue weighted by molar-refractivity contribution is 0.616. The first-order valence-corrected chi connectivity index (χ1v) is 3.94. The molecule has 1 aromatic heterocycles. The van der Waals surface area contributed by atoms with Crippen molar-refractivity contribution in [2.24, 2.45) is 4.99 Å². The third kappa shape index (κ3) is 0.619. The van der Waals surface area contributed by atoms with Crippen molar-refractivity contribution in [3.8, 4) is 0 Å². The van der Waals surface area contributed by atoms with Crippen LogP contribution in [0.5, 0.6) is 0 Å². The number of fused-ring (bicyclic) bond motifs is 3. The van der Waals surface area contributed by atoms with E-state index in [1.807, 2.05) is 18.3 Å². The molecule has 0 bridgehead atoms. The molecule has 12 heavy (non-hydrogen) atoms. The Morgan fingerprint density at radius 2 is 2.25 bits per heavy atom. The Morgan fingerprint density at radius 1 is 1.25 bits per heavy atom. The zero-order valence-electron chi connectivity index (χ0n) is 6.45. The third-order valence-corrected chi connectivity index (χ3v) is 2.26. The Balaban J connectivity index is 2.49. The number of nitrogens with zero attached hydrogens (tertiary/aromatic N) is 1. The van der Waals surface area contributed by atoms with E-state index in [2.05, 4.69) is 11.1 Å². The van der Waals surface area contributed by atoms with Gasteiger partial charge in [-0.2, -0.15) is 0 Å². The van der Waals surface area contributed by atoms with Crippen LogP contribution in [0.4, 0.5) is 0 Å². The standard InChI is InChI=1S/C10H7NO/c1-2-10-8(3-4-12-10)9-6-11-5-7(1)9/h1-5H,6H2. The molecule has 0 saturated carbocycles. The van der Waals surface area contributed by atoms with E-state index in [4.69, 9.17) is 4.42 Å². The summed E-state index contributed by atoms with van der Waals surface area (Å²) in [6.07, 6.45) is 3.64. The molecular formula is C10H7NO. The molecule has 2 nitrogen and oxygen atoms in total. The van der Waals surface area contributed by atoms with Crippen molar-refractivity contribution in [3.05, 3.63) is 35.6 Å². The highest BCUT2D eigenvalue weighted by atomic mass is 16.3. The van der Waals surface area contributed by atoms with E-state index >= 15 is 0 Å². The van der Waals surface area contributed by atoms with Gasteiger partial charge in [0.2, 0.25) is 0 Å². The average Bonchev–Trinajstić information content (AvgIpc) is 2.71. The summed E-state index contributed by atoms with van der Waals surface area (Å²) in [6.45, 7) is 0.798. The largest absolute Gasteiger partial charge is 0.464 e. The molecule has 1 aliphatic rings. The van der Waals surface area contributed by atoms with E-state index in [9.17, 15) is 0 Å². The highest BCUT2D eigenvalue weighted by Gasteiger charge is 2.10. The van der Waals surface area contributed by atoms with Crippen LogP contribution in [-0.4, -0.2) is 6.21 Å². The lowest BCUT2D eigenvalue weighted by Gasteiger charge is -1.96. The van der Waals surface area contributed by atoms with E-state index in [0.29, 0.717) is 0 Å². The lowest BCUT2D eigenvalue weighted by atomic mass is 10.1. The fraction of sp³-hybridized carbons (Fsp3) is 0.100. The molecule has 2 heteroatoms. The summed E-state index contributed by atoms with van der Waals surface area (Å²) in [5.74, 6) is 0. The molecule has 58 valence electrons. The average molecular weight is 157 g/mol. The second-order valence-corrected chi connectivity index (χ2v) is 2.94. The minimum absolute atomic E-state index is 0.798. The number of hydrogen-bond acceptors (Lipinski definition) is 2. The summed E-state index contributed by atoms with van der Waals surface area (Å²) in [5.41, 5.74) is 3.48. The van der Waals surface area contributed by atoms with Gasteiger partial charge in [0.1, 0.15) is 5.58 Å². The molecule has 1 aliphatic heterocycles. The second kappa shape index (κ2) is 1.97. The van der Waals surface area contributed by atoms with Gasteiger partial charge in [-0.25, -0.2) is 0 Å². The van der Waals surface area contributed by atoms with Gasteiger partial charge in [0.25, 0.3) is 0 Å². The van der Waals surface area contributed by atoms with Gasteiger partial charge in [0, 0.05) is 11.6 Å². The van der Waals surface area contributed by atoms with Gasteiger partial charge < -0.3 is 4.42 Å². The van der Waals surface area contributed by atoms with E-state index in [1.54, 1.807) is 6.26 Å². The topological polar surface area (TPSA) is 25.5 Å². The van der Waals surface area contributed by atoms with Gasteiger partial charge in [-0.1, -0.05) is 0 Å². The minimum Gasteiger partial charge on any atom is -0.464 e. The fourth-order valence-corrected chi connectivity index (χ4v) is 1.65. The summed E-state index contributed by atoms with van der Waals surface area (Å²) < 4.78 is 5.29. The summed E-state index contributed by atoms with van der Waals surface area (Å²) in [4.78, 5) is 4.21. The quantitative estimate of drug-likeness (QED) is 0.576. The molecule has 0 radical (unpaired) electrons. The van der Waals surface area contributed by atoms with Crippen LogP contribution in [0.15, 0.2) is 33.9 Å². The fourth-order valence-electron chi connectivity index (χ4n) is 1.65. The number of furan rings is 1. The first kappa shape index (κ1) is 6.00. The Hall–Kier alpha value is -1.57. The van der Waals surface area contributed by atoms with Crippen LogP contribution in [0.25, 0.3) is 11.0 Å². The molecule has 2 heterocycles. The zero-order valence-corrected chi connectivity index (χ0v) is 6.45. The molecule has 3 rings (SSSR count). The van der Waals surface area contributed by atoms with Gasteiger partial charge in [-0.05, 0) is 29.3 Å². The maximum absolute atomic E-state index is 5.29. The normalized spacial score (nSPS) is 14.0. The van der Waals surface area contributed by atoms with Crippen LogP contribution in [0.2, 0.25) is 0 Å². The van der Waals surface area contributed by atoms with Crippen LogP contribution in [0.3, 0.4) is 0 Å². The molecular weight excluding hydrogens is 150 g/mol. The Labute approximate surface area is 69.5 Å². The van der Waals surface area contributed by atoms with Gasteiger partial charge in [-0.3, -0.25) is 4.99 Å². The molecule has 0 amide bonds. The van der Waals surface area contributed by atoms with Gasteiger partial charge >= 0.3 is 0 Å². The third-order valence-electron chi connectivity index (χ3n) is 2.26. The van der Waals surface area contributed by atoms with Crippen LogP contribution < -0.4 is 0 Å². The van der Waals surface area contributed by atoms with Crippen molar-refractivity contribution in [1.82, 2.24) is 0 Å². The highest BCUT2D eigenvalue weighted by molar-refractivity contribution is 5.94. The first-order chi connectivity index (χ1) is 5.95. The van der Waals surface area contributed by atoms with Crippen LogP contribution in [0, 0.1) is 0 Å². The molecule has 0 fully saturated rings. The summed E-state index contributed by atoms with van der Waals surface area (Å²) in [5, 5.41) is 1.20. The predicted octanol–water partition coefficient (Wildman–Crippen LogP) is 2.37. The molecule has 0 spiro atoms. The maximum atomic E-state index is 5.29. The molecule has 0 unspecified atom stereocenters. The first-order valence-electron chi connectivity index (χ1n) is 3.94. The predicted molar refractivity (Wildman–Crippen MR) is 47.5 cm³/mol. The summed E-state index contributed by atoms with van der Waals surface area (Å²) in [7, 11) is 0. The maximum Gasteiger partial charge on any atom is 0.134 e. The molecule has 2 aromatic rings. The Kier molecular flexibility index (Phi) is 0.987. The van der Waals surface area contributed by atoms with E-state index in [-0.39, 0.29) is 0 Å². The van der Waals surface area contributed by atoms with Crippen LogP contribution >= 0.6 is 0 Å². The van der Waals surface area contributed by atoms with Crippen molar-refractivity contribution in [2.75, 3.05) is 0 Å². The molecule has 0 N–H and O–H groups in total. The van der Waals surface area contributed by atoms with E-state index < -0.39 is 0 Å². The smallest absolute Gasteiger partial charge is 0.134 e. The number of hydrogen-bond donors (Lipinski definition) is 0. The lowest BCUT2D eigenvalue weighted by Crippen LogP contribution is -1.83. The minimum atomic E-state index is 0.798. The number of aliphatic imine (C=N–C) groups is 1. The molecule has 0 aliphatic carbocycles. The molecule has 0 atom stereocenters. The highest BCUT2D eigenvalue weighted by Crippen LogP contribution is 2.25. The van der Waals surface area contributed by atoms with Crippen molar-refractivity contribution < 1.29 is 4.42 Å². The van der Waals surface area contributed by atoms with Crippen molar-refractivity contribution in [2.45, 2.75) is 6.54 Å². The summed E-state index contributed by atoms with van der Waals surface area (Å²) in [6, 6.07) is 6.05.